The van der Waals surface area contributed by atoms with E-state index in [0.717, 1.165) is 24.9 Å². The Hall–Kier alpha value is -1.18. The summed E-state index contributed by atoms with van der Waals surface area (Å²) in [6, 6.07) is 8.01. The van der Waals surface area contributed by atoms with Gasteiger partial charge < -0.3 is 19.9 Å². The SMILES string of the molecule is O=C(C[C@H]1CC[C@H]2[C@@H](COC[C@@H](O)CN2Cc2cccc(Cl)c2)O1)NCC1CCCCC1. The highest BCUT2D eigenvalue weighted by Gasteiger charge is 2.38. The molecule has 178 valence electrons. The highest BCUT2D eigenvalue weighted by Crippen LogP contribution is 2.29. The monoisotopic (exact) mass is 464 g/mol. The molecule has 2 heterocycles. The Bertz CT molecular complexity index is 742. The summed E-state index contributed by atoms with van der Waals surface area (Å²) in [4.78, 5) is 14.8. The summed E-state index contributed by atoms with van der Waals surface area (Å²) in [6.45, 7) is 2.77. The number of aliphatic hydroxyl groups excluding tert-OH is 1. The van der Waals surface area contributed by atoms with E-state index >= 15 is 0 Å². The van der Waals surface area contributed by atoms with Crippen molar-refractivity contribution in [3.05, 3.63) is 34.9 Å². The predicted octanol–water partition coefficient (Wildman–Crippen LogP) is 3.54. The fourth-order valence-corrected chi connectivity index (χ4v) is 5.64. The maximum Gasteiger partial charge on any atom is 0.222 e. The Morgan fingerprint density at radius 3 is 2.81 bits per heavy atom. The first-order valence-electron chi connectivity index (χ1n) is 12.2. The van der Waals surface area contributed by atoms with Crippen LogP contribution in [0.2, 0.25) is 5.02 Å². The standard InChI is InChI=1S/C25H37ClN2O4/c26-20-8-4-7-19(11-20)14-28-15-21(29)16-31-17-24-23(28)10-9-22(32-24)12-25(30)27-13-18-5-2-1-3-6-18/h4,7-8,11,18,21-24,29H,1-3,5-6,9-10,12-17H2,(H,27,30)/t21-,22+,23-,24+/m0/s1. The van der Waals surface area contributed by atoms with Crippen molar-refractivity contribution >= 4 is 17.5 Å². The number of benzene rings is 1. The maximum atomic E-state index is 12.5. The molecule has 1 amide bonds. The van der Waals surface area contributed by atoms with E-state index < -0.39 is 6.10 Å². The van der Waals surface area contributed by atoms with Gasteiger partial charge in [0.1, 0.15) is 0 Å². The van der Waals surface area contributed by atoms with Gasteiger partial charge in [0.25, 0.3) is 0 Å². The Labute approximate surface area is 196 Å². The molecule has 3 fully saturated rings. The van der Waals surface area contributed by atoms with Crippen molar-refractivity contribution in [2.75, 3.05) is 26.3 Å². The van der Waals surface area contributed by atoms with Crippen LogP contribution < -0.4 is 5.32 Å². The number of rotatable bonds is 6. The third kappa shape index (κ3) is 6.91. The lowest BCUT2D eigenvalue weighted by molar-refractivity contribution is -0.158. The first kappa shape index (κ1) is 24.0. The smallest absolute Gasteiger partial charge is 0.222 e. The zero-order valence-electron chi connectivity index (χ0n) is 18.9. The van der Waals surface area contributed by atoms with Gasteiger partial charge in [-0.05, 0) is 49.3 Å². The molecular formula is C25H37ClN2O4. The van der Waals surface area contributed by atoms with Gasteiger partial charge in [0.05, 0.1) is 37.9 Å². The van der Waals surface area contributed by atoms with Crippen molar-refractivity contribution in [3.63, 3.8) is 0 Å². The molecule has 0 unspecified atom stereocenters. The molecule has 0 radical (unpaired) electrons. The largest absolute Gasteiger partial charge is 0.389 e. The van der Waals surface area contributed by atoms with Crippen LogP contribution in [0.4, 0.5) is 0 Å². The highest BCUT2D eigenvalue weighted by atomic mass is 35.5. The maximum absolute atomic E-state index is 12.5. The van der Waals surface area contributed by atoms with Gasteiger partial charge in [0.2, 0.25) is 5.91 Å². The summed E-state index contributed by atoms with van der Waals surface area (Å²) in [5.74, 6) is 0.729. The quantitative estimate of drug-likeness (QED) is 0.673. The molecule has 1 saturated carbocycles. The van der Waals surface area contributed by atoms with Crippen LogP contribution >= 0.6 is 11.6 Å². The minimum absolute atomic E-state index is 0.0800. The van der Waals surface area contributed by atoms with Crippen molar-refractivity contribution in [2.24, 2.45) is 5.92 Å². The van der Waals surface area contributed by atoms with Crippen molar-refractivity contribution < 1.29 is 19.4 Å². The lowest BCUT2D eigenvalue weighted by Gasteiger charge is -2.44. The Morgan fingerprint density at radius 1 is 1.16 bits per heavy atom. The lowest BCUT2D eigenvalue weighted by Crippen LogP contribution is -2.55. The van der Waals surface area contributed by atoms with Crippen LogP contribution in [-0.2, 0) is 20.8 Å². The van der Waals surface area contributed by atoms with Gasteiger partial charge in [0, 0.05) is 30.7 Å². The van der Waals surface area contributed by atoms with E-state index in [9.17, 15) is 9.90 Å². The molecule has 6 nitrogen and oxygen atoms in total. The van der Waals surface area contributed by atoms with E-state index in [0.29, 0.717) is 43.7 Å². The summed E-state index contributed by atoms with van der Waals surface area (Å²) >= 11 is 6.18. The topological polar surface area (TPSA) is 71.0 Å². The van der Waals surface area contributed by atoms with Crippen LogP contribution in [0.5, 0.6) is 0 Å². The second-order valence-corrected chi connectivity index (χ2v) is 10.1. The van der Waals surface area contributed by atoms with Crippen molar-refractivity contribution in [1.29, 1.82) is 0 Å². The number of nitrogens with zero attached hydrogens (tertiary/aromatic N) is 1. The minimum atomic E-state index is -0.529. The van der Waals surface area contributed by atoms with Crippen molar-refractivity contribution in [1.82, 2.24) is 10.2 Å². The van der Waals surface area contributed by atoms with E-state index in [2.05, 4.69) is 16.3 Å². The van der Waals surface area contributed by atoms with Crippen LogP contribution in [0.25, 0.3) is 0 Å². The minimum Gasteiger partial charge on any atom is -0.389 e. The molecule has 0 spiro atoms. The molecule has 32 heavy (non-hydrogen) atoms. The van der Waals surface area contributed by atoms with E-state index in [1.54, 1.807) is 0 Å². The molecule has 3 aliphatic rings. The van der Waals surface area contributed by atoms with E-state index in [-0.39, 0.29) is 24.2 Å². The van der Waals surface area contributed by atoms with Gasteiger partial charge >= 0.3 is 0 Å². The van der Waals surface area contributed by atoms with Gasteiger partial charge in [-0.25, -0.2) is 0 Å². The van der Waals surface area contributed by atoms with Crippen LogP contribution in [0.15, 0.2) is 24.3 Å². The number of halogens is 1. The molecule has 4 rings (SSSR count). The van der Waals surface area contributed by atoms with Crippen molar-refractivity contribution in [3.8, 4) is 0 Å². The number of β-amino-alcohol motifs (C(OH)–C–C–N with tert-alkyl or cyclic N) is 1. The summed E-state index contributed by atoms with van der Waals surface area (Å²) in [5.41, 5.74) is 1.12. The average Bonchev–Trinajstić information content (AvgIpc) is 2.77. The number of hydrogen-bond acceptors (Lipinski definition) is 5. The summed E-state index contributed by atoms with van der Waals surface area (Å²) in [6.07, 6.45) is 7.82. The third-order valence-electron chi connectivity index (χ3n) is 7.09. The van der Waals surface area contributed by atoms with Gasteiger partial charge in [0.15, 0.2) is 0 Å². The number of carbonyl (C=O) groups is 1. The van der Waals surface area contributed by atoms with E-state index in [1.807, 2.05) is 18.2 Å². The van der Waals surface area contributed by atoms with Gasteiger partial charge in [-0.15, -0.1) is 0 Å². The number of carbonyl (C=O) groups excluding carboxylic acids is 1. The van der Waals surface area contributed by atoms with Crippen LogP contribution in [-0.4, -0.2) is 66.6 Å². The predicted molar refractivity (Wildman–Crippen MR) is 125 cm³/mol. The summed E-state index contributed by atoms with van der Waals surface area (Å²) in [7, 11) is 0. The molecule has 1 aromatic rings. The summed E-state index contributed by atoms with van der Waals surface area (Å²) in [5, 5.41) is 14.2. The molecule has 0 bridgehead atoms. The first-order valence-corrected chi connectivity index (χ1v) is 12.6. The fraction of sp³-hybridized carbons (Fsp3) is 0.720. The lowest BCUT2D eigenvalue weighted by atomic mass is 9.89. The zero-order chi connectivity index (χ0) is 22.3. The van der Waals surface area contributed by atoms with Gasteiger partial charge in [-0.1, -0.05) is 43.0 Å². The fourth-order valence-electron chi connectivity index (χ4n) is 5.43. The Morgan fingerprint density at radius 2 is 2.00 bits per heavy atom. The van der Waals surface area contributed by atoms with Crippen LogP contribution in [0.3, 0.4) is 0 Å². The Kier molecular flexibility index (Phi) is 8.83. The molecule has 1 aliphatic carbocycles. The van der Waals surface area contributed by atoms with Crippen LogP contribution in [0, 0.1) is 5.92 Å². The molecule has 0 aromatic heterocycles. The average molecular weight is 465 g/mol. The highest BCUT2D eigenvalue weighted by molar-refractivity contribution is 6.30. The molecule has 1 aromatic carbocycles. The van der Waals surface area contributed by atoms with E-state index in [4.69, 9.17) is 21.1 Å². The molecule has 7 heteroatoms. The van der Waals surface area contributed by atoms with Gasteiger partial charge in [-0.3, -0.25) is 9.69 Å². The number of amides is 1. The third-order valence-corrected chi connectivity index (χ3v) is 7.32. The van der Waals surface area contributed by atoms with Crippen LogP contribution in [0.1, 0.15) is 56.9 Å². The number of ether oxygens (including phenoxy) is 2. The Balaban J connectivity index is 1.32. The number of fused-ring (bicyclic) bond motifs is 1. The second-order valence-electron chi connectivity index (χ2n) is 9.70. The van der Waals surface area contributed by atoms with E-state index in [1.165, 1.54) is 32.1 Å². The molecule has 2 saturated heterocycles. The molecule has 4 atom stereocenters. The normalized spacial score (nSPS) is 30.2. The van der Waals surface area contributed by atoms with Gasteiger partial charge in [-0.2, -0.15) is 0 Å². The summed E-state index contributed by atoms with van der Waals surface area (Å²) < 4.78 is 12.1. The molecular weight excluding hydrogens is 428 g/mol. The second kappa shape index (κ2) is 11.8. The van der Waals surface area contributed by atoms with Crippen molar-refractivity contribution in [2.45, 2.75) is 82.3 Å². The molecule has 2 N–H and O–H groups in total. The number of hydrogen-bond donors (Lipinski definition) is 2. The first-order chi connectivity index (χ1) is 15.6. The molecule has 2 aliphatic heterocycles. The number of aliphatic hydroxyl groups is 1. The zero-order valence-corrected chi connectivity index (χ0v) is 19.6. The number of nitrogens with one attached hydrogen (secondary N) is 1.